The molecule has 1 aromatic rings. The van der Waals surface area contributed by atoms with E-state index in [1.807, 2.05) is 25.7 Å². The summed E-state index contributed by atoms with van der Waals surface area (Å²) in [5.41, 5.74) is -1.08. The minimum Gasteiger partial charge on any atom is -0.387 e. The summed E-state index contributed by atoms with van der Waals surface area (Å²) in [5, 5.41) is 21.6. The quantitative estimate of drug-likeness (QED) is 0.554. The van der Waals surface area contributed by atoms with Gasteiger partial charge in [-0.2, -0.15) is 5.26 Å². The van der Waals surface area contributed by atoms with Crippen LogP contribution in [0.2, 0.25) is 0 Å². The van der Waals surface area contributed by atoms with E-state index in [1.54, 1.807) is 33.0 Å². The average Bonchev–Trinajstić information content (AvgIpc) is 2.72. The molecule has 0 aliphatic heterocycles. The molecule has 1 saturated carbocycles. The van der Waals surface area contributed by atoms with E-state index in [0.29, 0.717) is 18.0 Å². The molecular formula is C25H37FN4O. The van der Waals surface area contributed by atoms with Crippen molar-refractivity contribution in [3.05, 3.63) is 29.6 Å². The molecule has 0 spiro atoms. The van der Waals surface area contributed by atoms with E-state index in [9.17, 15) is 14.4 Å². The Kier molecular flexibility index (Phi) is 7.52. The maximum atomic E-state index is 14.7. The summed E-state index contributed by atoms with van der Waals surface area (Å²) in [5.74, 6) is -0.383. The van der Waals surface area contributed by atoms with Crippen LogP contribution in [0.3, 0.4) is 0 Å². The SMILES string of the molecule is CCC1(C#N)CC(C)CC(N(C(=O)C(C)(C)C(=N)c2c(F)cccc2NC)C(C)C)C1. The summed E-state index contributed by atoms with van der Waals surface area (Å²) in [7, 11) is 1.68. The lowest BCUT2D eigenvalue weighted by Gasteiger charge is -2.47. The first-order valence-corrected chi connectivity index (χ1v) is 11.2. The second-order valence-corrected chi connectivity index (χ2v) is 9.87. The largest absolute Gasteiger partial charge is 0.387 e. The Morgan fingerprint density at radius 3 is 2.58 bits per heavy atom. The molecule has 170 valence electrons. The molecule has 6 heteroatoms. The first-order valence-electron chi connectivity index (χ1n) is 11.2. The Balaban J connectivity index is 2.45. The number of benzene rings is 1. The van der Waals surface area contributed by atoms with Crippen LogP contribution in [0.5, 0.6) is 0 Å². The molecule has 0 saturated heterocycles. The summed E-state index contributed by atoms with van der Waals surface area (Å²) in [4.78, 5) is 15.7. The third kappa shape index (κ3) is 4.76. The smallest absolute Gasteiger partial charge is 0.234 e. The summed E-state index contributed by atoms with van der Waals surface area (Å²) in [6.45, 7) is 11.5. The van der Waals surface area contributed by atoms with Gasteiger partial charge in [0.1, 0.15) is 5.82 Å². The number of carbonyl (C=O) groups excluding carboxylic acids is 1. The van der Waals surface area contributed by atoms with Crippen molar-refractivity contribution in [2.75, 3.05) is 12.4 Å². The van der Waals surface area contributed by atoms with Crippen LogP contribution in [0.15, 0.2) is 18.2 Å². The van der Waals surface area contributed by atoms with Crippen molar-refractivity contribution in [1.82, 2.24) is 4.90 Å². The van der Waals surface area contributed by atoms with Gasteiger partial charge in [0.25, 0.3) is 0 Å². The number of hydrogen-bond acceptors (Lipinski definition) is 4. The molecule has 1 aliphatic carbocycles. The molecular weight excluding hydrogens is 391 g/mol. The van der Waals surface area contributed by atoms with Gasteiger partial charge in [0.05, 0.1) is 28.2 Å². The molecule has 0 radical (unpaired) electrons. The van der Waals surface area contributed by atoms with E-state index >= 15 is 0 Å². The normalized spacial score (nSPS) is 23.9. The monoisotopic (exact) mass is 428 g/mol. The van der Waals surface area contributed by atoms with Crippen molar-refractivity contribution in [1.29, 1.82) is 10.7 Å². The van der Waals surface area contributed by atoms with Gasteiger partial charge in [0.15, 0.2) is 0 Å². The van der Waals surface area contributed by atoms with Crippen LogP contribution in [0.25, 0.3) is 0 Å². The Hall–Kier alpha value is -2.42. The van der Waals surface area contributed by atoms with Gasteiger partial charge in [-0.25, -0.2) is 4.39 Å². The van der Waals surface area contributed by atoms with E-state index in [4.69, 9.17) is 5.41 Å². The fourth-order valence-corrected chi connectivity index (χ4v) is 5.05. The molecule has 1 amide bonds. The zero-order valence-corrected chi connectivity index (χ0v) is 20.0. The number of rotatable bonds is 7. The van der Waals surface area contributed by atoms with Crippen molar-refractivity contribution in [3.8, 4) is 6.07 Å². The number of nitriles is 1. The van der Waals surface area contributed by atoms with Crippen molar-refractivity contribution in [3.63, 3.8) is 0 Å². The number of hydrogen-bond donors (Lipinski definition) is 2. The Labute approximate surface area is 186 Å². The predicted molar refractivity (Wildman–Crippen MR) is 124 cm³/mol. The summed E-state index contributed by atoms with van der Waals surface area (Å²) in [6.07, 6.45) is 3.07. The zero-order valence-electron chi connectivity index (χ0n) is 20.0. The van der Waals surface area contributed by atoms with Gasteiger partial charge in [0.2, 0.25) is 5.91 Å². The van der Waals surface area contributed by atoms with E-state index < -0.39 is 16.6 Å². The highest BCUT2D eigenvalue weighted by Crippen LogP contribution is 2.44. The first kappa shape index (κ1) is 24.8. The molecule has 1 fully saturated rings. The van der Waals surface area contributed by atoms with Crippen molar-refractivity contribution < 1.29 is 9.18 Å². The topological polar surface area (TPSA) is 80.0 Å². The fraction of sp³-hybridized carbons (Fsp3) is 0.640. The van der Waals surface area contributed by atoms with Crippen LogP contribution >= 0.6 is 0 Å². The van der Waals surface area contributed by atoms with Gasteiger partial charge in [0, 0.05) is 24.8 Å². The molecule has 0 bridgehead atoms. The van der Waals surface area contributed by atoms with E-state index in [2.05, 4.69) is 18.3 Å². The molecule has 3 unspecified atom stereocenters. The van der Waals surface area contributed by atoms with Crippen LogP contribution in [0.4, 0.5) is 10.1 Å². The van der Waals surface area contributed by atoms with Crippen LogP contribution in [0.1, 0.15) is 72.8 Å². The number of halogens is 1. The maximum Gasteiger partial charge on any atom is 0.234 e. The number of nitrogens with zero attached hydrogens (tertiary/aromatic N) is 2. The average molecular weight is 429 g/mol. The fourth-order valence-electron chi connectivity index (χ4n) is 5.05. The van der Waals surface area contributed by atoms with Gasteiger partial charge in [-0.15, -0.1) is 0 Å². The zero-order chi connectivity index (χ0) is 23.6. The number of nitrogens with one attached hydrogen (secondary N) is 2. The summed E-state index contributed by atoms with van der Waals surface area (Å²) in [6, 6.07) is 6.98. The lowest BCUT2D eigenvalue weighted by atomic mass is 9.66. The van der Waals surface area contributed by atoms with E-state index in [1.165, 1.54) is 6.07 Å². The molecule has 1 aliphatic rings. The van der Waals surface area contributed by atoms with Crippen molar-refractivity contribution >= 4 is 17.3 Å². The molecule has 3 atom stereocenters. The molecule has 5 nitrogen and oxygen atoms in total. The number of amides is 1. The van der Waals surface area contributed by atoms with E-state index in [0.717, 1.165) is 19.3 Å². The standard InChI is InChI=1S/C25H37FN4O/c1-8-25(15-27)13-17(4)12-18(14-25)30(16(2)3)23(31)24(5,6)22(28)21-19(26)10-9-11-20(21)29-7/h9-11,16-18,28-29H,8,12-14H2,1-7H3. The lowest BCUT2D eigenvalue weighted by molar-refractivity contribution is -0.143. The van der Waals surface area contributed by atoms with Gasteiger partial charge in [-0.1, -0.05) is 19.9 Å². The van der Waals surface area contributed by atoms with E-state index in [-0.39, 0.29) is 29.3 Å². The third-order valence-corrected chi connectivity index (χ3v) is 6.83. The molecule has 2 rings (SSSR count). The van der Waals surface area contributed by atoms with Crippen LogP contribution < -0.4 is 5.32 Å². The van der Waals surface area contributed by atoms with Crippen molar-refractivity contribution in [2.45, 2.75) is 79.3 Å². The minimum absolute atomic E-state index is 0.0449. The Morgan fingerprint density at radius 1 is 1.42 bits per heavy atom. The predicted octanol–water partition coefficient (Wildman–Crippen LogP) is 5.61. The second kappa shape index (κ2) is 9.38. The number of carbonyl (C=O) groups is 1. The molecule has 1 aromatic carbocycles. The summed E-state index contributed by atoms with van der Waals surface area (Å²) >= 11 is 0. The van der Waals surface area contributed by atoms with Crippen LogP contribution in [-0.2, 0) is 4.79 Å². The minimum atomic E-state index is -1.22. The second-order valence-electron chi connectivity index (χ2n) is 9.87. The first-order chi connectivity index (χ1) is 14.4. The highest BCUT2D eigenvalue weighted by atomic mass is 19.1. The molecule has 0 aromatic heterocycles. The molecule has 0 heterocycles. The Morgan fingerprint density at radius 2 is 2.06 bits per heavy atom. The van der Waals surface area contributed by atoms with Gasteiger partial charge >= 0.3 is 0 Å². The summed E-state index contributed by atoms with van der Waals surface area (Å²) < 4.78 is 14.7. The maximum absolute atomic E-state index is 14.7. The van der Waals surface area contributed by atoms with Gasteiger partial charge in [-0.05, 0) is 71.4 Å². The molecule has 31 heavy (non-hydrogen) atoms. The number of anilines is 1. The van der Waals surface area contributed by atoms with Crippen LogP contribution in [-0.4, -0.2) is 35.7 Å². The van der Waals surface area contributed by atoms with Gasteiger partial charge < -0.3 is 15.6 Å². The third-order valence-electron chi connectivity index (χ3n) is 6.83. The highest BCUT2D eigenvalue weighted by Gasteiger charge is 2.46. The molecule has 2 N–H and O–H groups in total. The highest BCUT2D eigenvalue weighted by molar-refractivity contribution is 6.17. The Bertz CT molecular complexity index is 873. The van der Waals surface area contributed by atoms with Gasteiger partial charge in [-0.3, -0.25) is 4.79 Å². The van der Waals surface area contributed by atoms with Crippen LogP contribution in [0, 0.1) is 39.3 Å². The van der Waals surface area contributed by atoms with Crippen molar-refractivity contribution in [2.24, 2.45) is 16.7 Å². The lowest BCUT2D eigenvalue weighted by Crippen LogP contribution is -2.55.